The SMILES string of the molecule is Cl.Cl.O=C(CNC1CC1)Nc1nc(-c2cccnc2)cs1. The van der Waals surface area contributed by atoms with Crippen LogP contribution in [0.3, 0.4) is 0 Å². The number of nitrogens with zero attached hydrogens (tertiary/aromatic N) is 2. The molecule has 0 unspecified atom stereocenters. The number of rotatable bonds is 5. The topological polar surface area (TPSA) is 66.9 Å². The number of amides is 1. The molecule has 0 aliphatic heterocycles. The fourth-order valence-electron chi connectivity index (χ4n) is 1.67. The van der Waals surface area contributed by atoms with Crippen LogP contribution < -0.4 is 10.6 Å². The van der Waals surface area contributed by atoms with Crippen LogP contribution >= 0.6 is 36.2 Å². The lowest BCUT2D eigenvalue weighted by molar-refractivity contribution is -0.115. The van der Waals surface area contributed by atoms with Gasteiger partial charge in [0.25, 0.3) is 0 Å². The van der Waals surface area contributed by atoms with Crippen molar-refractivity contribution in [1.29, 1.82) is 0 Å². The Morgan fingerprint density at radius 1 is 1.38 bits per heavy atom. The van der Waals surface area contributed by atoms with Crippen molar-refractivity contribution in [3.05, 3.63) is 29.9 Å². The Morgan fingerprint density at radius 2 is 2.19 bits per heavy atom. The molecule has 2 aromatic rings. The van der Waals surface area contributed by atoms with Crippen LogP contribution in [-0.2, 0) is 4.79 Å². The monoisotopic (exact) mass is 346 g/mol. The van der Waals surface area contributed by atoms with E-state index in [0.717, 1.165) is 11.3 Å². The van der Waals surface area contributed by atoms with E-state index in [1.807, 2.05) is 17.5 Å². The summed E-state index contributed by atoms with van der Waals surface area (Å²) in [5.41, 5.74) is 1.79. The number of hydrogen-bond acceptors (Lipinski definition) is 5. The number of hydrogen-bond donors (Lipinski definition) is 2. The minimum Gasteiger partial charge on any atom is -0.306 e. The first-order valence-corrected chi connectivity index (χ1v) is 7.08. The van der Waals surface area contributed by atoms with Gasteiger partial charge in [0, 0.05) is 29.4 Å². The summed E-state index contributed by atoms with van der Waals surface area (Å²) in [6.07, 6.45) is 5.84. The number of nitrogens with one attached hydrogen (secondary N) is 2. The number of carbonyl (C=O) groups excluding carboxylic acids is 1. The maximum absolute atomic E-state index is 11.7. The molecule has 21 heavy (non-hydrogen) atoms. The highest BCUT2D eigenvalue weighted by molar-refractivity contribution is 7.14. The maximum Gasteiger partial charge on any atom is 0.240 e. The molecule has 1 saturated carbocycles. The van der Waals surface area contributed by atoms with Gasteiger partial charge in [0.1, 0.15) is 0 Å². The molecule has 2 heterocycles. The summed E-state index contributed by atoms with van der Waals surface area (Å²) >= 11 is 1.42. The van der Waals surface area contributed by atoms with E-state index in [4.69, 9.17) is 0 Å². The van der Waals surface area contributed by atoms with Crippen LogP contribution in [-0.4, -0.2) is 28.5 Å². The number of halogens is 2. The second-order valence-corrected chi connectivity index (χ2v) is 5.34. The van der Waals surface area contributed by atoms with Gasteiger partial charge in [-0.3, -0.25) is 9.78 Å². The van der Waals surface area contributed by atoms with Crippen LogP contribution in [0.1, 0.15) is 12.8 Å². The van der Waals surface area contributed by atoms with Gasteiger partial charge < -0.3 is 10.6 Å². The molecule has 0 atom stereocenters. The molecule has 2 aromatic heterocycles. The standard InChI is InChI=1S/C13H14N4OS.2ClH/c18-12(7-15-10-3-4-10)17-13-16-11(8-19-13)9-2-1-5-14-6-9;;/h1-2,5-6,8,10,15H,3-4,7H2,(H,16,17,18);2*1H. The fourth-order valence-corrected chi connectivity index (χ4v) is 2.40. The Bertz CT molecular complexity index is 575. The van der Waals surface area contributed by atoms with E-state index in [1.54, 1.807) is 12.4 Å². The van der Waals surface area contributed by atoms with E-state index in [9.17, 15) is 4.79 Å². The molecule has 0 aromatic carbocycles. The molecule has 3 rings (SSSR count). The van der Waals surface area contributed by atoms with Gasteiger partial charge in [-0.05, 0) is 25.0 Å². The number of thiazole rings is 1. The van der Waals surface area contributed by atoms with E-state index in [0.29, 0.717) is 17.7 Å². The lowest BCUT2D eigenvalue weighted by atomic mass is 10.2. The number of carbonyl (C=O) groups is 1. The highest BCUT2D eigenvalue weighted by Gasteiger charge is 2.21. The van der Waals surface area contributed by atoms with Crippen molar-refractivity contribution in [1.82, 2.24) is 15.3 Å². The van der Waals surface area contributed by atoms with Crippen LogP contribution in [0.15, 0.2) is 29.9 Å². The molecule has 0 radical (unpaired) electrons. The Labute approximate surface area is 139 Å². The van der Waals surface area contributed by atoms with Gasteiger partial charge in [-0.2, -0.15) is 0 Å². The van der Waals surface area contributed by atoms with Crippen LogP contribution in [0, 0.1) is 0 Å². The van der Waals surface area contributed by atoms with E-state index >= 15 is 0 Å². The first kappa shape index (κ1) is 17.8. The van der Waals surface area contributed by atoms with Gasteiger partial charge in [-0.15, -0.1) is 36.2 Å². The quantitative estimate of drug-likeness (QED) is 0.873. The molecule has 8 heteroatoms. The van der Waals surface area contributed by atoms with Crippen molar-refractivity contribution in [3.63, 3.8) is 0 Å². The molecular weight excluding hydrogens is 331 g/mol. The summed E-state index contributed by atoms with van der Waals surface area (Å²) in [6, 6.07) is 4.35. The number of pyridine rings is 1. The lowest BCUT2D eigenvalue weighted by Gasteiger charge is -2.02. The predicted octanol–water partition coefficient (Wildman–Crippen LogP) is 2.74. The van der Waals surface area contributed by atoms with Gasteiger partial charge in [-0.25, -0.2) is 4.98 Å². The van der Waals surface area contributed by atoms with E-state index < -0.39 is 0 Å². The maximum atomic E-state index is 11.7. The predicted molar refractivity (Wildman–Crippen MR) is 89.5 cm³/mol. The van der Waals surface area contributed by atoms with Crippen LogP contribution in [0.4, 0.5) is 5.13 Å². The third-order valence-electron chi connectivity index (χ3n) is 2.84. The van der Waals surface area contributed by atoms with Gasteiger partial charge in [0.05, 0.1) is 12.2 Å². The Kier molecular flexibility index (Phi) is 7.04. The Morgan fingerprint density at radius 3 is 2.86 bits per heavy atom. The second kappa shape index (κ2) is 8.29. The molecule has 2 N–H and O–H groups in total. The normalized spacial score (nSPS) is 13.0. The van der Waals surface area contributed by atoms with Gasteiger partial charge in [-0.1, -0.05) is 0 Å². The molecule has 1 amide bonds. The lowest BCUT2D eigenvalue weighted by Crippen LogP contribution is -2.29. The van der Waals surface area contributed by atoms with Gasteiger partial charge in [0.15, 0.2) is 5.13 Å². The van der Waals surface area contributed by atoms with Crippen LogP contribution in [0.5, 0.6) is 0 Å². The molecule has 0 bridgehead atoms. The molecule has 1 aliphatic rings. The minimum absolute atomic E-state index is 0. The first-order valence-electron chi connectivity index (χ1n) is 6.20. The van der Waals surface area contributed by atoms with Crippen molar-refractivity contribution >= 4 is 47.2 Å². The molecular formula is C13H16Cl2N4OS. The smallest absolute Gasteiger partial charge is 0.240 e. The number of aromatic nitrogens is 2. The highest BCUT2D eigenvalue weighted by atomic mass is 35.5. The third-order valence-corrected chi connectivity index (χ3v) is 3.59. The van der Waals surface area contributed by atoms with Crippen molar-refractivity contribution in [3.8, 4) is 11.3 Å². The van der Waals surface area contributed by atoms with Gasteiger partial charge in [0.2, 0.25) is 5.91 Å². The van der Waals surface area contributed by atoms with Crippen molar-refractivity contribution in [2.45, 2.75) is 18.9 Å². The van der Waals surface area contributed by atoms with Crippen molar-refractivity contribution in [2.24, 2.45) is 0 Å². The minimum atomic E-state index is -0.0426. The molecule has 5 nitrogen and oxygen atoms in total. The van der Waals surface area contributed by atoms with Crippen molar-refractivity contribution in [2.75, 3.05) is 11.9 Å². The van der Waals surface area contributed by atoms with Crippen LogP contribution in [0.25, 0.3) is 11.3 Å². The zero-order valence-electron chi connectivity index (χ0n) is 11.1. The molecule has 0 spiro atoms. The van der Waals surface area contributed by atoms with Gasteiger partial charge >= 0.3 is 0 Å². The van der Waals surface area contributed by atoms with Crippen LogP contribution in [0.2, 0.25) is 0 Å². The molecule has 0 saturated heterocycles. The summed E-state index contributed by atoms with van der Waals surface area (Å²) in [4.78, 5) is 20.1. The summed E-state index contributed by atoms with van der Waals surface area (Å²) in [5.74, 6) is -0.0426. The summed E-state index contributed by atoms with van der Waals surface area (Å²) in [6.45, 7) is 0.354. The highest BCUT2D eigenvalue weighted by Crippen LogP contribution is 2.24. The Hall–Kier alpha value is -1.21. The molecule has 1 aliphatic carbocycles. The largest absolute Gasteiger partial charge is 0.306 e. The Balaban J connectivity index is 0.00000110. The second-order valence-electron chi connectivity index (χ2n) is 4.48. The summed E-state index contributed by atoms with van der Waals surface area (Å²) < 4.78 is 0. The van der Waals surface area contributed by atoms with Crippen molar-refractivity contribution < 1.29 is 4.79 Å². The summed E-state index contributed by atoms with van der Waals surface area (Å²) in [5, 5.41) is 8.51. The molecule has 1 fully saturated rings. The zero-order chi connectivity index (χ0) is 13.1. The molecule has 114 valence electrons. The number of anilines is 1. The zero-order valence-corrected chi connectivity index (χ0v) is 13.6. The van der Waals surface area contributed by atoms with E-state index in [-0.39, 0.29) is 30.7 Å². The average Bonchev–Trinajstić information content (AvgIpc) is 3.16. The first-order chi connectivity index (χ1) is 9.31. The van der Waals surface area contributed by atoms with E-state index in [2.05, 4.69) is 20.6 Å². The summed E-state index contributed by atoms with van der Waals surface area (Å²) in [7, 11) is 0. The van der Waals surface area contributed by atoms with E-state index in [1.165, 1.54) is 24.2 Å². The third kappa shape index (κ3) is 5.24. The average molecular weight is 347 g/mol. The fraction of sp³-hybridized carbons (Fsp3) is 0.308.